The zero-order chi connectivity index (χ0) is 24.8. The molecule has 0 heterocycles. The van der Waals surface area contributed by atoms with Crippen molar-refractivity contribution in [3.63, 3.8) is 0 Å². The summed E-state index contributed by atoms with van der Waals surface area (Å²) < 4.78 is 0. The van der Waals surface area contributed by atoms with Gasteiger partial charge in [0, 0.05) is 5.92 Å². The summed E-state index contributed by atoms with van der Waals surface area (Å²) in [7, 11) is 0. The summed E-state index contributed by atoms with van der Waals surface area (Å²) in [5.74, 6) is 0.302. The van der Waals surface area contributed by atoms with Gasteiger partial charge in [-0.1, -0.05) is 127 Å². The summed E-state index contributed by atoms with van der Waals surface area (Å²) in [5, 5.41) is 0. The van der Waals surface area contributed by atoms with Gasteiger partial charge < -0.3 is 4.79 Å². The lowest BCUT2D eigenvalue weighted by Gasteiger charge is -2.09. The zero-order valence-corrected chi connectivity index (χ0v) is 23.3. The Balaban J connectivity index is 3.42. The highest BCUT2D eigenvalue weighted by atomic mass is 16.1. The van der Waals surface area contributed by atoms with Gasteiger partial charge in [-0.05, 0) is 70.6 Å². The molecular formula is C33H60O. The highest BCUT2D eigenvalue weighted by Gasteiger charge is 2.06. The van der Waals surface area contributed by atoms with E-state index in [9.17, 15) is 4.79 Å². The fourth-order valence-corrected chi connectivity index (χ4v) is 4.45. The van der Waals surface area contributed by atoms with Gasteiger partial charge in [-0.25, -0.2) is 0 Å². The SMILES string of the molecule is CCCCC/C=C\C/C=C\CCCCCC(C=O)CCCCCCCC/C=C\CCCCCC. The monoisotopic (exact) mass is 472 g/mol. The second-order valence-corrected chi connectivity index (χ2v) is 10.2. The molecule has 0 aromatic carbocycles. The topological polar surface area (TPSA) is 17.1 Å². The van der Waals surface area contributed by atoms with Gasteiger partial charge in [0.2, 0.25) is 0 Å². The Morgan fingerprint density at radius 2 is 0.794 bits per heavy atom. The van der Waals surface area contributed by atoms with E-state index < -0.39 is 0 Å². The molecule has 1 nitrogen and oxygen atoms in total. The standard InChI is InChI=1S/C33H60O/c1-3-5-7-9-11-13-15-17-19-21-23-25-27-29-31-33(32-34)30-28-26-24-22-20-18-16-14-12-10-8-6-4-2/h12-15,18,20,32-33H,3-11,16-17,19,21-31H2,1-2H3/b14-12-,15-13-,20-18-. The van der Waals surface area contributed by atoms with E-state index in [0.717, 1.165) is 19.3 Å². The number of carbonyl (C=O) groups is 1. The molecule has 0 aliphatic carbocycles. The first-order chi connectivity index (χ1) is 16.8. The molecule has 0 saturated carbocycles. The Bertz CT molecular complexity index is 473. The summed E-state index contributed by atoms with van der Waals surface area (Å²) in [6, 6.07) is 0. The fourth-order valence-electron chi connectivity index (χ4n) is 4.45. The molecule has 34 heavy (non-hydrogen) atoms. The van der Waals surface area contributed by atoms with Gasteiger partial charge in [0.1, 0.15) is 6.29 Å². The fraction of sp³-hybridized carbons (Fsp3) is 0.788. The molecule has 0 amide bonds. The highest BCUT2D eigenvalue weighted by molar-refractivity contribution is 5.53. The van der Waals surface area contributed by atoms with Crippen LogP contribution in [0.5, 0.6) is 0 Å². The Labute approximate surface area is 215 Å². The molecule has 0 aromatic rings. The summed E-state index contributed by atoms with van der Waals surface area (Å²) in [5.41, 5.74) is 0. The van der Waals surface area contributed by atoms with Crippen LogP contribution in [-0.4, -0.2) is 6.29 Å². The van der Waals surface area contributed by atoms with Crippen molar-refractivity contribution in [2.24, 2.45) is 5.92 Å². The van der Waals surface area contributed by atoms with Crippen molar-refractivity contribution in [3.05, 3.63) is 36.5 Å². The maximum Gasteiger partial charge on any atom is 0.123 e. The second kappa shape index (κ2) is 29.9. The van der Waals surface area contributed by atoms with Crippen LogP contribution in [0.4, 0.5) is 0 Å². The van der Waals surface area contributed by atoms with Crippen LogP contribution in [0.15, 0.2) is 36.5 Å². The maximum atomic E-state index is 11.4. The third kappa shape index (κ3) is 27.1. The summed E-state index contributed by atoms with van der Waals surface area (Å²) in [4.78, 5) is 11.4. The number of hydrogen-bond donors (Lipinski definition) is 0. The molecule has 0 spiro atoms. The Morgan fingerprint density at radius 1 is 0.441 bits per heavy atom. The Hall–Kier alpha value is -1.11. The minimum Gasteiger partial charge on any atom is -0.303 e. The third-order valence-corrected chi connectivity index (χ3v) is 6.80. The van der Waals surface area contributed by atoms with Crippen molar-refractivity contribution < 1.29 is 4.79 Å². The quantitative estimate of drug-likeness (QED) is 0.0659. The van der Waals surface area contributed by atoms with Gasteiger partial charge in [0.15, 0.2) is 0 Å². The normalized spacial score (nSPS) is 13.0. The van der Waals surface area contributed by atoms with Gasteiger partial charge in [0.25, 0.3) is 0 Å². The lowest BCUT2D eigenvalue weighted by molar-refractivity contribution is -0.111. The molecule has 198 valence electrons. The largest absolute Gasteiger partial charge is 0.303 e. The van der Waals surface area contributed by atoms with Gasteiger partial charge >= 0.3 is 0 Å². The number of carbonyl (C=O) groups excluding carboxylic acids is 1. The van der Waals surface area contributed by atoms with E-state index in [1.807, 2.05) is 0 Å². The van der Waals surface area contributed by atoms with Crippen LogP contribution in [0.1, 0.15) is 162 Å². The number of allylic oxidation sites excluding steroid dienone is 6. The molecule has 1 unspecified atom stereocenters. The van der Waals surface area contributed by atoms with Crippen LogP contribution in [0.3, 0.4) is 0 Å². The van der Waals surface area contributed by atoms with Crippen LogP contribution >= 0.6 is 0 Å². The molecular weight excluding hydrogens is 412 g/mol. The number of aldehydes is 1. The average molecular weight is 473 g/mol. The van der Waals surface area contributed by atoms with E-state index >= 15 is 0 Å². The number of hydrogen-bond acceptors (Lipinski definition) is 1. The van der Waals surface area contributed by atoms with Crippen LogP contribution < -0.4 is 0 Å². The molecule has 0 rings (SSSR count). The van der Waals surface area contributed by atoms with Crippen molar-refractivity contribution in [1.29, 1.82) is 0 Å². The lowest BCUT2D eigenvalue weighted by atomic mass is 9.95. The first kappa shape index (κ1) is 32.9. The van der Waals surface area contributed by atoms with Crippen molar-refractivity contribution >= 4 is 6.29 Å². The first-order valence-corrected chi connectivity index (χ1v) is 15.2. The van der Waals surface area contributed by atoms with E-state index in [1.54, 1.807) is 0 Å². The Kier molecular flexibility index (Phi) is 28.9. The molecule has 1 heteroatoms. The molecule has 0 saturated heterocycles. The molecule has 0 radical (unpaired) electrons. The summed E-state index contributed by atoms with van der Waals surface area (Å²) in [6.07, 6.45) is 44.6. The van der Waals surface area contributed by atoms with E-state index in [0.29, 0.717) is 5.92 Å². The molecule has 0 aliphatic rings. The van der Waals surface area contributed by atoms with Crippen molar-refractivity contribution in [2.45, 2.75) is 162 Å². The van der Waals surface area contributed by atoms with Crippen molar-refractivity contribution in [3.8, 4) is 0 Å². The second-order valence-electron chi connectivity index (χ2n) is 10.2. The minimum atomic E-state index is 0.302. The van der Waals surface area contributed by atoms with Crippen LogP contribution in [0.25, 0.3) is 0 Å². The third-order valence-electron chi connectivity index (χ3n) is 6.80. The smallest absolute Gasteiger partial charge is 0.123 e. The molecule has 1 atom stereocenters. The molecule has 0 fully saturated rings. The van der Waals surface area contributed by atoms with Gasteiger partial charge in [-0.15, -0.1) is 0 Å². The highest BCUT2D eigenvalue weighted by Crippen LogP contribution is 2.17. The number of unbranched alkanes of at least 4 members (excludes halogenated alkanes) is 16. The lowest BCUT2D eigenvalue weighted by Crippen LogP contribution is -2.02. The molecule has 0 aliphatic heterocycles. The predicted octanol–water partition coefficient (Wildman–Crippen LogP) is 11.5. The summed E-state index contributed by atoms with van der Waals surface area (Å²) in [6.45, 7) is 4.53. The van der Waals surface area contributed by atoms with Gasteiger partial charge in [-0.3, -0.25) is 0 Å². The Morgan fingerprint density at radius 3 is 1.29 bits per heavy atom. The van der Waals surface area contributed by atoms with Crippen LogP contribution in [-0.2, 0) is 4.79 Å². The van der Waals surface area contributed by atoms with E-state index in [1.165, 1.54) is 135 Å². The molecule has 0 N–H and O–H groups in total. The van der Waals surface area contributed by atoms with Gasteiger partial charge in [0.05, 0.1) is 0 Å². The maximum absolute atomic E-state index is 11.4. The van der Waals surface area contributed by atoms with E-state index in [2.05, 4.69) is 50.3 Å². The van der Waals surface area contributed by atoms with E-state index in [-0.39, 0.29) is 0 Å². The van der Waals surface area contributed by atoms with Crippen molar-refractivity contribution in [2.75, 3.05) is 0 Å². The van der Waals surface area contributed by atoms with Crippen molar-refractivity contribution in [1.82, 2.24) is 0 Å². The predicted molar refractivity (Wildman–Crippen MR) is 155 cm³/mol. The molecule has 0 aromatic heterocycles. The summed E-state index contributed by atoms with van der Waals surface area (Å²) >= 11 is 0. The minimum absolute atomic E-state index is 0.302. The molecule has 0 bridgehead atoms. The van der Waals surface area contributed by atoms with Crippen LogP contribution in [0, 0.1) is 5.92 Å². The first-order valence-electron chi connectivity index (χ1n) is 15.2. The van der Waals surface area contributed by atoms with Gasteiger partial charge in [-0.2, -0.15) is 0 Å². The number of rotatable bonds is 27. The van der Waals surface area contributed by atoms with E-state index in [4.69, 9.17) is 0 Å². The van der Waals surface area contributed by atoms with Crippen LogP contribution in [0.2, 0.25) is 0 Å². The average Bonchev–Trinajstić information content (AvgIpc) is 2.85. The zero-order valence-electron chi connectivity index (χ0n) is 23.3.